The molecule has 4 nitrogen and oxygen atoms in total. The third-order valence-electron chi connectivity index (χ3n) is 3.84. The topological polar surface area (TPSA) is 72.5 Å². The SMILES string of the molecule is CC(C)c1cc(Cc2c(Br)cc(OCC(=O)CN)cc2Br)ccc1O. The Hall–Kier alpha value is -1.37. The van der Waals surface area contributed by atoms with E-state index in [1.807, 2.05) is 24.3 Å². The van der Waals surface area contributed by atoms with Crippen molar-refractivity contribution in [3.8, 4) is 11.5 Å². The summed E-state index contributed by atoms with van der Waals surface area (Å²) >= 11 is 7.14. The highest BCUT2D eigenvalue weighted by Gasteiger charge is 2.12. The van der Waals surface area contributed by atoms with Crippen LogP contribution < -0.4 is 10.5 Å². The Morgan fingerprint density at radius 1 is 1.20 bits per heavy atom. The molecule has 0 saturated carbocycles. The normalized spacial score (nSPS) is 11.0. The molecule has 0 aromatic heterocycles. The van der Waals surface area contributed by atoms with E-state index in [-0.39, 0.29) is 24.9 Å². The van der Waals surface area contributed by atoms with Crippen LogP contribution in [0.5, 0.6) is 11.5 Å². The molecule has 3 N–H and O–H groups in total. The molecule has 0 bridgehead atoms. The lowest BCUT2D eigenvalue weighted by atomic mass is 9.96. The minimum atomic E-state index is -0.151. The molecule has 134 valence electrons. The fraction of sp³-hybridized carbons (Fsp3) is 0.316. The summed E-state index contributed by atoms with van der Waals surface area (Å²) in [5.74, 6) is 1.02. The first kappa shape index (κ1) is 19.9. The van der Waals surface area contributed by atoms with E-state index in [1.165, 1.54) is 0 Å². The van der Waals surface area contributed by atoms with E-state index in [4.69, 9.17) is 10.5 Å². The number of hydrogen-bond acceptors (Lipinski definition) is 4. The first-order valence-corrected chi connectivity index (χ1v) is 9.54. The standard InChI is InChI=1S/C19H21Br2NO3/c1-11(2)15-5-12(3-4-19(15)24)6-16-17(20)7-14(8-18(16)21)25-10-13(23)9-22/h3-5,7-8,11,24H,6,9-10,22H2,1-2H3. The van der Waals surface area contributed by atoms with Crippen LogP contribution in [0, 0.1) is 0 Å². The Labute approximate surface area is 164 Å². The number of halogens is 2. The van der Waals surface area contributed by atoms with Gasteiger partial charge in [-0.3, -0.25) is 4.79 Å². The molecule has 0 heterocycles. The number of aromatic hydroxyl groups is 1. The van der Waals surface area contributed by atoms with Gasteiger partial charge < -0.3 is 15.6 Å². The molecular formula is C19H21Br2NO3. The van der Waals surface area contributed by atoms with Crippen molar-refractivity contribution in [1.82, 2.24) is 0 Å². The second kappa shape index (κ2) is 8.83. The summed E-state index contributed by atoms with van der Waals surface area (Å²) in [5, 5.41) is 9.97. The van der Waals surface area contributed by atoms with E-state index in [0.29, 0.717) is 17.9 Å². The Bertz CT molecular complexity index is 752. The van der Waals surface area contributed by atoms with Gasteiger partial charge in [-0.2, -0.15) is 0 Å². The number of benzene rings is 2. The molecule has 0 spiro atoms. The van der Waals surface area contributed by atoms with Crippen molar-refractivity contribution in [3.63, 3.8) is 0 Å². The summed E-state index contributed by atoms with van der Waals surface area (Å²) in [4.78, 5) is 11.3. The Balaban J connectivity index is 2.23. The first-order valence-electron chi connectivity index (χ1n) is 7.96. The van der Waals surface area contributed by atoms with Gasteiger partial charge in [-0.1, -0.05) is 57.8 Å². The number of hydrogen-bond donors (Lipinski definition) is 2. The number of ether oxygens (including phenoxy) is 1. The van der Waals surface area contributed by atoms with Crippen LogP contribution in [-0.4, -0.2) is 24.0 Å². The molecule has 2 aromatic carbocycles. The number of ketones is 1. The number of carbonyl (C=O) groups excluding carboxylic acids is 1. The summed E-state index contributed by atoms with van der Waals surface area (Å²) in [6, 6.07) is 9.37. The molecule has 0 fully saturated rings. The lowest BCUT2D eigenvalue weighted by Gasteiger charge is -2.14. The molecule has 2 rings (SSSR count). The van der Waals surface area contributed by atoms with E-state index in [9.17, 15) is 9.90 Å². The smallest absolute Gasteiger partial charge is 0.183 e. The van der Waals surface area contributed by atoms with E-state index in [0.717, 1.165) is 25.6 Å². The highest BCUT2D eigenvalue weighted by molar-refractivity contribution is 9.11. The Kier molecular flexibility index (Phi) is 7.04. The number of Topliss-reactive ketones (excluding diaryl/α,β-unsaturated/α-hetero) is 1. The molecule has 2 aromatic rings. The lowest BCUT2D eigenvalue weighted by molar-refractivity contribution is -0.119. The molecule has 0 amide bonds. The van der Waals surface area contributed by atoms with Gasteiger partial charge in [0.25, 0.3) is 0 Å². The largest absolute Gasteiger partial charge is 0.508 e. The molecule has 25 heavy (non-hydrogen) atoms. The summed E-state index contributed by atoms with van der Waals surface area (Å²) in [7, 11) is 0. The van der Waals surface area contributed by atoms with Gasteiger partial charge in [-0.25, -0.2) is 0 Å². The average molecular weight is 471 g/mol. The summed E-state index contributed by atoms with van der Waals surface area (Å²) in [6.07, 6.45) is 0.698. The van der Waals surface area contributed by atoms with Gasteiger partial charge in [0.1, 0.15) is 18.1 Å². The highest BCUT2D eigenvalue weighted by Crippen LogP contribution is 2.34. The van der Waals surface area contributed by atoms with E-state index >= 15 is 0 Å². The number of phenols is 1. The van der Waals surface area contributed by atoms with Crippen molar-refractivity contribution in [2.75, 3.05) is 13.2 Å². The molecular weight excluding hydrogens is 450 g/mol. The fourth-order valence-electron chi connectivity index (χ4n) is 2.44. The molecule has 0 aliphatic heterocycles. The first-order chi connectivity index (χ1) is 11.8. The van der Waals surface area contributed by atoms with Gasteiger partial charge in [0.2, 0.25) is 0 Å². The van der Waals surface area contributed by atoms with Crippen LogP contribution in [0.3, 0.4) is 0 Å². The monoisotopic (exact) mass is 469 g/mol. The van der Waals surface area contributed by atoms with Crippen LogP contribution in [0.4, 0.5) is 0 Å². The number of phenolic OH excluding ortho intramolecular Hbond substituents is 1. The molecule has 0 atom stereocenters. The zero-order valence-electron chi connectivity index (χ0n) is 14.2. The number of carbonyl (C=O) groups is 1. The maximum Gasteiger partial charge on any atom is 0.183 e. The Morgan fingerprint density at radius 2 is 1.84 bits per heavy atom. The van der Waals surface area contributed by atoms with Crippen LogP contribution >= 0.6 is 31.9 Å². The summed E-state index contributed by atoms with van der Waals surface area (Å²) in [5.41, 5.74) is 8.39. The maximum absolute atomic E-state index is 11.3. The molecule has 0 aliphatic carbocycles. The third-order valence-corrected chi connectivity index (χ3v) is 5.25. The maximum atomic E-state index is 11.3. The van der Waals surface area contributed by atoms with Crippen LogP contribution in [-0.2, 0) is 11.2 Å². The molecule has 0 saturated heterocycles. The van der Waals surface area contributed by atoms with E-state index < -0.39 is 0 Å². The third kappa shape index (κ3) is 5.30. The van der Waals surface area contributed by atoms with Crippen LogP contribution in [0.1, 0.15) is 36.5 Å². The van der Waals surface area contributed by atoms with Crippen molar-refractivity contribution >= 4 is 37.6 Å². The average Bonchev–Trinajstić information content (AvgIpc) is 2.57. The van der Waals surface area contributed by atoms with Gasteiger partial charge in [-0.05, 0) is 47.2 Å². The van der Waals surface area contributed by atoms with Gasteiger partial charge in [0.15, 0.2) is 5.78 Å². The molecule has 6 heteroatoms. The molecule has 0 aliphatic rings. The molecule has 0 radical (unpaired) electrons. The van der Waals surface area contributed by atoms with E-state index in [1.54, 1.807) is 6.07 Å². The van der Waals surface area contributed by atoms with E-state index in [2.05, 4.69) is 45.7 Å². The van der Waals surface area contributed by atoms with Crippen molar-refractivity contribution in [2.24, 2.45) is 5.73 Å². The zero-order valence-corrected chi connectivity index (χ0v) is 17.4. The Morgan fingerprint density at radius 3 is 2.40 bits per heavy atom. The van der Waals surface area contributed by atoms with Gasteiger partial charge >= 0.3 is 0 Å². The number of nitrogens with two attached hydrogens (primary N) is 1. The van der Waals surface area contributed by atoms with Crippen molar-refractivity contribution < 1.29 is 14.6 Å². The highest BCUT2D eigenvalue weighted by atomic mass is 79.9. The fourth-order valence-corrected chi connectivity index (χ4v) is 3.86. The minimum Gasteiger partial charge on any atom is -0.508 e. The quantitative estimate of drug-likeness (QED) is 0.623. The van der Waals surface area contributed by atoms with Crippen molar-refractivity contribution in [3.05, 3.63) is 56.0 Å². The second-order valence-corrected chi connectivity index (χ2v) is 7.83. The predicted molar refractivity (Wildman–Crippen MR) is 106 cm³/mol. The predicted octanol–water partition coefficient (Wildman–Crippen LogP) is 4.54. The molecule has 0 unspecified atom stereocenters. The van der Waals surface area contributed by atoms with Crippen LogP contribution in [0.15, 0.2) is 39.3 Å². The van der Waals surface area contributed by atoms with Gasteiger partial charge in [-0.15, -0.1) is 0 Å². The summed E-state index contributed by atoms with van der Waals surface area (Å²) < 4.78 is 7.24. The van der Waals surface area contributed by atoms with Crippen molar-refractivity contribution in [1.29, 1.82) is 0 Å². The van der Waals surface area contributed by atoms with Crippen LogP contribution in [0.25, 0.3) is 0 Å². The number of rotatable bonds is 7. The summed E-state index contributed by atoms with van der Waals surface area (Å²) in [6.45, 7) is 4.04. The van der Waals surface area contributed by atoms with Gasteiger partial charge in [0.05, 0.1) is 6.54 Å². The van der Waals surface area contributed by atoms with Crippen molar-refractivity contribution in [2.45, 2.75) is 26.2 Å². The van der Waals surface area contributed by atoms with Gasteiger partial charge in [0, 0.05) is 8.95 Å². The second-order valence-electron chi connectivity index (χ2n) is 6.12. The zero-order chi connectivity index (χ0) is 18.6. The lowest BCUT2D eigenvalue weighted by Crippen LogP contribution is -2.20. The minimum absolute atomic E-state index is 0.0283. The van der Waals surface area contributed by atoms with Crippen LogP contribution in [0.2, 0.25) is 0 Å².